The zero-order valence-corrected chi connectivity index (χ0v) is 10.5. The Labute approximate surface area is 117 Å². The van der Waals surface area contributed by atoms with Gasteiger partial charge in [-0.15, -0.1) is 0 Å². The summed E-state index contributed by atoms with van der Waals surface area (Å²) in [6.45, 7) is 0. The number of nitrogens with zero attached hydrogens (tertiary/aromatic N) is 1. The molecule has 108 valence electrons. The first-order valence-corrected chi connectivity index (χ1v) is 5.65. The van der Waals surface area contributed by atoms with E-state index >= 15 is 0 Å². The topological polar surface area (TPSA) is 102 Å². The van der Waals surface area contributed by atoms with Crippen molar-refractivity contribution in [2.24, 2.45) is 5.73 Å². The van der Waals surface area contributed by atoms with Crippen LogP contribution in [0.1, 0.15) is 5.56 Å². The number of ether oxygens (including phenoxy) is 1. The number of benzene rings is 2. The maximum atomic E-state index is 13.7. The fraction of sp³-hybridized carbons (Fsp3) is 0. The van der Waals surface area contributed by atoms with Crippen molar-refractivity contribution in [3.63, 3.8) is 0 Å². The molecule has 2 aromatic rings. The molecule has 0 saturated carbocycles. The molecule has 6 nitrogen and oxygen atoms in total. The number of halogens is 2. The van der Waals surface area contributed by atoms with Gasteiger partial charge in [0.25, 0.3) is 0 Å². The third-order valence-electron chi connectivity index (χ3n) is 2.60. The highest BCUT2D eigenvalue weighted by molar-refractivity contribution is 5.98. The monoisotopic (exact) mass is 293 g/mol. The van der Waals surface area contributed by atoms with E-state index in [1.807, 2.05) is 0 Å². The van der Waals surface area contributed by atoms with Crippen LogP contribution in [0.3, 0.4) is 0 Å². The first kappa shape index (κ1) is 14.4. The molecule has 2 aromatic carbocycles. The molecule has 0 aliphatic rings. The van der Waals surface area contributed by atoms with Crippen molar-refractivity contribution in [2.45, 2.75) is 0 Å². The molecule has 21 heavy (non-hydrogen) atoms. The van der Waals surface area contributed by atoms with E-state index in [-0.39, 0.29) is 5.75 Å². The number of rotatable bonds is 4. The van der Waals surface area contributed by atoms with Crippen LogP contribution in [-0.2, 0) is 0 Å². The van der Waals surface area contributed by atoms with Crippen LogP contribution in [-0.4, -0.2) is 10.8 Å². The number of nitro groups is 1. The first-order chi connectivity index (χ1) is 9.91. The van der Waals surface area contributed by atoms with Crippen LogP contribution in [0.15, 0.2) is 36.4 Å². The van der Waals surface area contributed by atoms with Crippen LogP contribution in [0.25, 0.3) is 0 Å². The first-order valence-electron chi connectivity index (χ1n) is 5.65. The van der Waals surface area contributed by atoms with Gasteiger partial charge in [0.15, 0.2) is 5.82 Å². The molecule has 0 atom stereocenters. The highest BCUT2D eigenvalue weighted by Gasteiger charge is 2.22. The van der Waals surface area contributed by atoms with Gasteiger partial charge in [-0.25, -0.2) is 8.78 Å². The zero-order valence-electron chi connectivity index (χ0n) is 10.5. The summed E-state index contributed by atoms with van der Waals surface area (Å²) in [6.07, 6.45) is 0. The second-order valence-electron chi connectivity index (χ2n) is 3.97. The highest BCUT2D eigenvalue weighted by atomic mass is 19.1. The molecule has 0 amide bonds. The van der Waals surface area contributed by atoms with E-state index in [9.17, 15) is 18.9 Å². The second kappa shape index (κ2) is 5.53. The maximum absolute atomic E-state index is 13.7. The molecule has 0 heterocycles. The molecule has 0 aromatic heterocycles. The van der Waals surface area contributed by atoms with Gasteiger partial charge >= 0.3 is 5.69 Å². The molecule has 3 N–H and O–H groups in total. The fourth-order valence-corrected chi connectivity index (χ4v) is 1.70. The second-order valence-corrected chi connectivity index (χ2v) is 3.97. The van der Waals surface area contributed by atoms with Gasteiger partial charge in [-0.05, 0) is 18.2 Å². The summed E-state index contributed by atoms with van der Waals surface area (Å²) in [4.78, 5) is 10.0. The van der Waals surface area contributed by atoms with Crippen molar-refractivity contribution in [2.75, 3.05) is 0 Å². The molecule has 0 aliphatic heterocycles. The van der Waals surface area contributed by atoms with E-state index in [4.69, 9.17) is 15.9 Å². The molecule has 0 saturated heterocycles. The van der Waals surface area contributed by atoms with Crippen LogP contribution in [0.4, 0.5) is 14.5 Å². The highest BCUT2D eigenvalue weighted by Crippen LogP contribution is 2.35. The van der Waals surface area contributed by atoms with E-state index in [0.717, 1.165) is 24.3 Å². The molecule has 0 aliphatic carbocycles. The summed E-state index contributed by atoms with van der Waals surface area (Å²) < 4.78 is 32.5. The van der Waals surface area contributed by atoms with Crippen molar-refractivity contribution in [1.82, 2.24) is 0 Å². The summed E-state index contributed by atoms with van der Waals surface area (Å²) in [7, 11) is 0. The lowest BCUT2D eigenvalue weighted by Gasteiger charge is -2.11. The van der Waals surface area contributed by atoms with E-state index in [0.29, 0.717) is 0 Å². The number of nitro benzene ring substituents is 1. The minimum atomic E-state index is -0.983. The molecule has 8 heteroatoms. The largest absolute Gasteiger partial charge is 0.446 e. The van der Waals surface area contributed by atoms with Crippen LogP contribution in [0.5, 0.6) is 11.5 Å². The van der Waals surface area contributed by atoms with Gasteiger partial charge in [0.05, 0.1) is 10.5 Å². The van der Waals surface area contributed by atoms with Crippen LogP contribution in [0, 0.1) is 27.2 Å². The third-order valence-corrected chi connectivity index (χ3v) is 2.60. The van der Waals surface area contributed by atoms with E-state index in [1.54, 1.807) is 0 Å². The Bertz CT molecular complexity index is 735. The van der Waals surface area contributed by atoms with Gasteiger partial charge in [0.2, 0.25) is 5.75 Å². The van der Waals surface area contributed by atoms with Gasteiger partial charge in [-0.2, -0.15) is 0 Å². The number of amidine groups is 1. The third kappa shape index (κ3) is 2.78. The van der Waals surface area contributed by atoms with Crippen LogP contribution < -0.4 is 10.5 Å². The van der Waals surface area contributed by atoms with Crippen LogP contribution >= 0.6 is 0 Å². The lowest BCUT2D eigenvalue weighted by molar-refractivity contribution is -0.385. The van der Waals surface area contributed by atoms with E-state index in [1.165, 1.54) is 12.1 Å². The number of nitrogen functional groups attached to an aromatic ring is 1. The van der Waals surface area contributed by atoms with Crippen molar-refractivity contribution < 1.29 is 18.4 Å². The lowest BCUT2D eigenvalue weighted by atomic mass is 10.1. The van der Waals surface area contributed by atoms with Crippen molar-refractivity contribution in [3.05, 3.63) is 63.7 Å². The summed E-state index contributed by atoms with van der Waals surface area (Å²) in [5, 5.41) is 18.2. The molecule has 0 radical (unpaired) electrons. The van der Waals surface area contributed by atoms with Gasteiger partial charge in [-0.1, -0.05) is 12.1 Å². The van der Waals surface area contributed by atoms with Gasteiger partial charge < -0.3 is 10.5 Å². The molecule has 0 unspecified atom stereocenters. The quantitative estimate of drug-likeness (QED) is 0.391. The number of para-hydroxylation sites is 1. The fourth-order valence-electron chi connectivity index (χ4n) is 1.70. The summed E-state index contributed by atoms with van der Waals surface area (Å²) in [6, 6.07) is 6.69. The predicted molar refractivity (Wildman–Crippen MR) is 70.5 cm³/mol. The van der Waals surface area contributed by atoms with Crippen molar-refractivity contribution in [1.29, 1.82) is 5.41 Å². The van der Waals surface area contributed by atoms with E-state index in [2.05, 4.69) is 0 Å². The van der Waals surface area contributed by atoms with E-state index < -0.39 is 39.4 Å². The Hall–Kier alpha value is -3.03. The van der Waals surface area contributed by atoms with Crippen molar-refractivity contribution in [3.8, 4) is 11.5 Å². The maximum Gasteiger partial charge on any atom is 0.314 e. The van der Waals surface area contributed by atoms with Crippen LogP contribution in [0.2, 0.25) is 0 Å². The SMILES string of the molecule is N=C(N)c1c(F)cccc1Oc1c(F)cccc1[N+](=O)[O-]. The average molecular weight is 293 g/mol. The molecule has 0 fully saturated rings. The zero-order chi connectivity index (χ0) is 15.6. The molecule has 2 rings (SSSR count). The minimum absolute atomic E-state index is 0.282. The number of nitrogens with two attached hydrogens (primary N) is 1. The average Bonchev–Trinajstić information content (AvgIpc) is 2.40. The minimum Gasteiger partial charge on any atom is -0.446 e. The number of nitrogens with one attached hydrogen (secondary N) is 1. The predicted octanol–water partition coefficient (Wildman–Crippen LogP) is 2.95. The van der Waals surface area contributed by atoms with Crippen molar-refractivity contribution >= 4 is 11.5 Å². The summed E-state index contributed by atoms with van der Waals surface area (Å²) >= 11 is 0. The molecule has 0 bridgehead atoms. The van der Waals surface area contributed by atoms with Gasteiger partial charge in [-0.3, -0.25) is 15.5 Å². The number of hydrogen-bond donors (Lipinski definition) is 2. The van der Waals surface area contributed by atoms with Gasteiger partial charge in [0.1, 0.15) is 17.4 Å². The Morgan fingerprint density at radius 1 is 1.19 bits per heavy atom. The molecular formula is C13H9F2N3O3. The standard InChI is InChI=1S/C13H9F2N3O3/c14-7-3-2-6-10(11(7)13(16)17)21-12-8(15)4-1-5-9(12)18(19)20/h1-6H,(H3,16,17). The number of hydrogen-bond acceptors (Lipinski definition) is 4. The summed E-state index contributed by atoms with van der Waals surface area (Å²) in [5.41, 5.74) is 4.23. The Morgan fingerprint density at radius 2 is 1.81 bits per heavy atom. The van der Waals surface area contributed by atoms with Gasteiger partial charge in [0, 0.05) is 6.07 Å². The molecule has 0 spiro atoms. The summed E-state index contributed by atoms with van der Waals surface area (Å²) in [5.74, 6) is -3.42. The lowest BCUT2D eigenvalue weighted by Crippen LogP contribution is -2.14. The Morgan fingerprint density at radius 3 is 2.43 bits per heavy atom. The smallest absolute Gasteiger partial charge is 0.314 e. The Kier molecular flexibility index (Phi) is 3.79. The Balaban J connectivity index is 2.56. The molecular weight excluding hydrogens is 284 g/mol. The normalized spacial score (nSPS) is 10.2.